The molecule has 0 radical (unpaired) electrons. The summed E-state index contributed by atoms with van der Waals surface area (Å²) in [6.45, 7) is 3.94. The van der Waals surface area contributed by atoms with E-state index >= 15 is 0 Å². The van der Waals surface area contributed by atoms with Crippen LogP contribution >= 0.6 is 0 Å². The largest absolute Gasteiger partial charge is 0.239 e. The summed E-state index contributed by atoms with van der Waals surface area (Å²) >= 11 is 0. The van der Waals surface area contributed by atoms with Gasteiger partial charge < -0.3 is 0 Å². The van der Waals surface area contributed by atoms with Gasteiger partial charge in [-0.3, -0.25) is 0 Å². The van der Waals surface area contributed by atoms with Crippen LogP contribution in [0.15, 0.2) is 35.5 Å². The Hall–Kier alpha value is -1.66. The number of aliphatic imine (C=N–C) groups is 1. The van der Waals surface area contributed by atoms with Gasteiger partial charge in [-0.05, 0) is 25.0 Å². The van der Waals surface area contributed by atoms with E-state index in [9.17, 15) is 4.79 Å². The monoisotopic (exact) mass is 173 g/mol. The minimum atomic E-state index is 0.961. The normalized spacial score (nSPS) is 10.8. The van der Waals surface area contributed by atoms with Crippen molar-refractivity contribution in [2.75, 3.05) is 0 Å². The molecule has 0 N–H and O–H groups in total. The topological polar surface area (TPSA) is 29.4 Å². The van der Waals surface area contributed by atoms with Crippen LogP contribution in [0, 0.1) is 6.92 Å². The Kier molecular flexibility index (Phi) is 3.18. The van der Waals surface area contributed by atoms with Gasteiger partial charge in [0.05, 0.1) is 0 Å². The first-order valence-corrected chi connectivity index (χ1v) is 4.05. The molecule has 2 nitrogen and oxygen atoms in total. The highest BCUT2D eigenvalue weighted by Crippen LogP contribution is 2.13. The Morgan fingerprint density at radius 2 is 2.00 bits per heavy atom. The van der Waals surface area contributed by atoms with Crippen LogP contribution in [-0.2, 0) is 4.79 Å². The maximum atomic E-state index is 9.86. The third-order valence-corrected chi connectivity index (χ3v) is 1.82. The van der Waals surface area contributed by atoms with E-state index in [2.05, 4.69) is 4.99 Å². The molecule has 0 aromatic heterocycles. The summed E-state index contributed by atoms with van der Waals surface area (Å²) in [5.41, 5.74) is 3.25. The zero-order chi connectivity index (χ0) is 9.68. The van der Waals surface area contributed by atoms with Crippen molar-refractivity contribution in [2.45, 2.75) is 13.8 Å². The van der Waals surface area contributed by atoms with E-state index in [0.29, 0.717) is 0 Å². The number of benzene rings is 1. The summed E-state index contributed by atoms with van der Waals surface area (Å²) in [7, 11) is 0. The second-order valence-corrected chi connectivity index (χ2v) is 2.90. The average Bonchev–Trinajstić information content (AvgIpc) is 2.15. The Balaban J connectivity index is 2.95. The van der Waals surface area contributed by atoms with E-state index in [4.69, 9.17) is 0 Å². The van der Waals surface area contributed by atoms with Gasteiger partial charge in [-0.25, -0.2) is 4.79 Å². The van der Waals surface area contributed by atoms with Gasteiger partial charge in [0.2, 0.25) is 6.08 Å². The molecule has 0 saturated heterocycles. The van der Waals surface area contributed by atoms with Crippen molar-refractivity contribution in [3.8, 4) is 0 Å². The lowest BCUT2D eigenvalue weighted by atomic mass is 10.1. The van der Waals surface area contributed by atoms with Crippen molar-refractivity contribution >= 4 is 11.7 Å². The summed E-state index contributed by atoms with van der Waals surface area (Å²) in [4.78, 5) is 13.3. The second kappa shape index (κ2) is 4.39. The molecule has 0 aliphatic rings. The molecule has 1 aromatic carbocycles. The van der Waals surface area contributed by atoms with E-state index in [1.54, 1.807) is 0 Å². The lowest BCUT2D eigenvalue weighted by Crippen LogP contribution is -1.79. The molecule has 2 heteroatoms. The van der Waals surface area contributed by atoms with Gasteiger partial charge >= 0.3 is 0 Å². The maximum Gasteiger partial charge on any atom is 0.239 e. The fourth-order valence-electron chi connectivity index (χ4n) is 1.01. The van der Waals surface area contributed by atoms with E-state index in [-0.39, 0.29) is 0 Å². The number of rotatable bonds is 2. The lowest BCUT2D eigenvalue weighted by Gasteiger charge is -1.99. The molecule has 1 aromatic rings. The van der Waals surface area contributed by atoms with Crippen LogP contribution in [0.3, 0.4) is 0 Å². The highest BCUT2D eigenvalue weighted by Gasteiger charge is 1.93. The first-order chi connectivity index (χ1) is 6.24. The summed E-state index contributed by atoms with van der Waals surface area (Å²) in [5, 5.41) is 0. The number of carbonyl (C=O) groups excluding carboxylic acids is 1. The van der Waals surface area contributed by atoms with Gasteiger partial charge in [0, 0.05) is 6.20 Å². The van der Waals surface area contributed by atoms with Gasteiger partial charge in [0.1, 0.15) is 0 Å². The van der Waals surface area contributed by atoms with Crippen LogP contribution in [0.1, 0.15) is 18.1 Å². The Morgan fingerprint density at radius 3 is 2.54 bits per heavy atom. The number of nitrogens with zero attached hydrogens (tertiary/aromatic N) is 1. The SMILES string of the molecule is C/C(=C\N=C=O)c1ccc(C)cc1. The van der Waals surface area contributed by atoms with Crippen LogP contribution in [0.2, 0.25) is 0 Å². The van der Waals surface area contributed by atoms with Crippen molar-refractivity contribution in [1.82, 2.24) is 0 Å². The fraction of sp³-hybridized carbons (Fsp3) is 0.182. The van der Waals surface area contributed by atoms with Crippen molar-refractivity contribution in [3.05, 3.63) is 41.6 Å². The summed E-state index contributed by atoms with van der Waals surface area (Å²) in [6, 6.07) is 8.05. The summed E-state index contributed by atoms with van der Waals surface area (Å²) in [6.07, 6.45) is 2.99. The number of isocyanates is 1. The van der Waals surface area contributed by atoms with Crippen LogP contribution < -0.4 is 0 Å². The molecule has 0 saturated carbocycles. The molecule has 0 amide bonds. The van der Waals surface area contributed by atoms with Gasteiger partial charge in [0.25, 0.3) is 0 Å². The molecule has 0 bridgehead atoms. The number of hydrogen-bond acceptors (Lipinski definition) is 2. The predicted molar refractivity (Wildman–Crippen MR) is 53.0 cm³/mol. The molecule has 0 unspecified atom stereocenters. The minimum Gasteiger partial charge on any atom is -0.211 e. The Bertz CT molecular complexity index is 356. The molecular weight excluding hydrogens is 162 g/mol. The first-order valence-electron chi connectivity index (χ1n) is 4.05. The zero-order valence-corrected chi connectivity index (χ0v) is 7.74. The van der Waals surface area contributed by atoms with E-state index in [1.807, 2.05) is 38.1 Å². The predicted octanol–water partition coefficient (Wildman–Crippen LogP) is 2.69. The van der Waals surface area contributed by atoms with Gasteiger partial charge in [0.15, 0.2) is 0 Å². The third-order valence-electron chi connectivity index (χ3n) is 1.82. The van der Waals surface area contributed by atoms with Crippen LogP contribution in [0.5, 0.6) is 0 Å². The molecule has 0 fully saturated rings. The number of hydrogen-bond donors (Lipinski definition) is 0. The molecule has 1 rings (SSSR count). The van der Waals surface area contributed by atoms with Gasteiger partial charge in [-0.2, -0.15) is 4.99 Å². The molecule has 0 aliphatic heterocycles. The molecule has 0 spiro atoms. The van der Waals surface area contributed by atoms with E-state index in [1.165, 1.54) is 17.8 Å². The molecule has 0 atom stereocenters. The van der Waals surface area contributed by atoms with E-state index < -0.39 is 0 Å². The van der Waals surface area contributed by atoms with Gasteiger partial charge in [-0.1, -0.05) is 29.8 Å². The van der Waals surface area contributed by atoms with Crippen LogP contribution in [0.25, 0.3) is 5.57 Å². The fourth-order valence-corrected chi connectivity index (χ4v) is 1.01. The maximum absolute atomic E-state index is 9.86. The van der Waals surface area contributed by atoms with E-state index in [0.717, 1.165) is 11.1 Å². The molecule has 13 heavy (non-hydrogen) atoms. The first kappa shape index (κ1) is 9.43. The molecule has 66 valence electrons. The second-order valence-electron chi connectivity index (χ2n) is 2.90. The van der Waals surface area contributed by atoms with Crippen LogP contribution in [-0.4, -0.2) is 6.08 Å². The van der Waals surface area contributed by atoms with Gasteiger partial charge in [-0.15, -0.1) is 0 Å². The van der Waals surface area contributed by atoms with Crippen molar-refractivity contribution < 1.29 is 4.79 Å². The minimum absolute atomic E-state index is 0.961. The molecule has 0 aliphatic carbocycles. The summed E-state index contributed by atoms with van der Waals surface area (Å²) < 4.78 is 0. The highest BCUT2D eigenvalue weighted by atomic mass is 16.1. The van der Waals surface area contributed by atoms with Crippen molar-refractivity contribution in [3.63, 3.8) is 0 Å². The zero-order valence-electron chi connectivity index (χ0n) is 7.74. The van der Waals surface area contributed by atoms with Crippen molar-refractivity contribution in [2.24, 2.45) is 4.99 Å². The van der Waals surface area contributed by atoms with Crippen LogP contribution in [0.4, 0.5) is 0 Å². The highest BCUT2D eigenvalue weighted by molar-refractivity contribution is 5.64. The smallest absolute Gasteiger partial charge is 0.211 e. The third kappa shape index (κ3) is 2.69. The van der Waals surface area contributed by atoms with Crippen molar-refractivity contribution in [1.29, 1.82) is 0 Å². The standard InChI is InChI=1S/C11H11NO/c1-9-3-5-11(6-4-9)10(2)7-12-8-13/h3-7H,1-2H3/b10-7+. The lowest BCUT2D eigenvalue weighted by molar-refractivity contribution is 0.565. The average molecular weight is 173 g/mol. The Morgan fingerprint density at radius 1 is 1.38 bits per heavy atom. The Labute approximate surface area is 77.6 Å². The molecule has 0 heterocycles. The molecular formula is C11H11NO. The number of aryl methyl sites for hydroxylation is 1. The number of allylic oxidation sites excluding steroid dienone is 1. The summed E-state index contributed by atoms with van der Waals surface area (Å²) in [5.74, 6) is 0. The quantitative estimate of drug-likeness (QED) is 0.499.